The van der Waals surface area contributed by atoms with Crippen molar-refractivity contribution in [2.75, 3.05) is 25.7 Å². The lowest BCUT2D eigenvalue weighted by molar-refractivity contribution is -0.162. The zero-order chi connectivity index (χ0) is 40.2. The van der Waals surface area contributed by atoms with Crippen LogP contribution in [0, 0.1) is 11.8 Å². The number of carbonyl (C=O) groups is 4. The molecule has 8 nitrogen and oxygen atoms in total. The molecule has 0 aromatic carbocycles. The fraction of sp³-hybridized carbons (Fsp3) is 0.909. The second kappa shape index (κ2) is 37.3. The highest BCUT2D eigenvalue weighted by molar-refractivity contribution is 8.76. The maximum Gasteiger partial charge on any atom is 0.329 e. The van der Waals surface area contributed by atoms with Crippen LogP contribution in [-0.4, -0.2) is 66.5 Å². The number of rotatable bonds is 38. The van der Waals surface area contributed by atoms with Crippen molar-refractivity contribution in [3.8, 4) is 0 Å². The summed E-state index contributed by atoms with van der Waals surface area (Å²) in [5, 5.41) is 0. The minimum absolute atomic E-state index is 0.171. The van der Waals surface area contributed by atoms with Crippen LogP contribution in [0.4, 0.5) is 0 Å². The molecule has 0 spiro atoms. The Hall–Kier alpha value is -1.26. The quantitative estimate of drug-likeness (QED) is 0.0370. The van der Waals surface area contributed by atoms with Gasteiger partial charge in [0.2, 0.25) is 11.8 Å². The van der Waals surface area contributed by atoms with E-state index in [1.165, 1.54) is 105 Å². The number of hydrogen-bond acceptors (Lipinski definition) is 9. The van der Waals surface area contributed by atoms with E-state index in [4.69, 9.17) is 15.2 Å². The van der Waals surface area contributed by atoms with E-state index in [1.807, 2.05) is 0 Å². The van der Waals surface area contributed by atoms with Gasteiger partial charge in [-0.2, -0.15) is 0 Å². The van der Waals surface area contributed by atoms with Gasteiger partial charge in [0.05, 0.1) is 14.2 Å². The fourth-order valence-electron chi connectivity index (χ4n) is 7.11. The van der Waals surface area contributed by atoms with Crippen molar-refractivity contribution in [3.63, 3.8) is 0 Å². The van der Waals surface area contributed by atoms with E-state index in [0.717, 1.165) is 116 Å². The van der Waals surface area contributed by atoms with E-state index in [0.29, 0.717) is 0 Å². The van der Waals surface area contributed by atoms with E-state index in [-0.39, 0.29) is 35.2 Å². The predicted octanol–water partition coefficient (Wildman–Crippen LogP) is 12.0. The molecule has 10 heteroatoms. The third-order valence-electron chi connectivity index (χ3n) is 10.6. The average Bonchev–Trinajstić information content (AvgIpc) is 3.18. The number of imide groups is 1. The van der Waals surface area contributed by atoms with Gasteiger partial charge in [0, 0.05) is 23.3 Å². The van der Waals surface area contributed by atoms with Crippen LogP contribution in [0.1, 0.15) is 207 Å². The molecule has 54 heavy (non-hydrogen) atoms. The van der Waals surface area contributed by atoms with Gasteiger partial charge in [-0.15, -0.1) is 0 Å². The van der Waals surface area contributed by atoms with Crippen molar-refractivity contribution in [1.82, 2.24) is 4.90 Å². The number of methoxy groups -OCH3 is 2. The molecule has 0 heterocycles. The first-order chi connectivity index (χ1) is 26.2. The highest BCUT2D eigenvalue weighted by Gasteiger charge is 2.41. The summed E-state index contributed by atoms with van der Waals surface area (Å²) in [5.74, 6) is -1.65. The number of nitrogens with two attached hydrogens (primary N) is 1. The minimum atomic E-state index is -1.05. The van der Waals surface area contributed by atoms with Crippen LogP contribution in [0.5, 0.6) is 0 Å². The van der Waals surface area contributed by atoms with Crippen LogP contribution in [0.3, 0.4) is 0 Å². The van der Waals surface area contributed by atoms with Crippen molar-refractivity contribution in [3.05, 3.63) is 0 Å². The molecule has 0 radical (unpaired) electrons. The van der Waals surface area contributed by atoms with Crippen molar-refractivity contribution in [1.29, 1.82) is 0 Å². The fourth-order valence-corrected chi connectivity index (χ4v) is 9.41. The van der Waals surface area contributed by atoms with Crippen LogP contribution >= 0.6 is 21.6 Å². The summed E-state index contributed by atoms with van der Waals surface area (Å²) in [7, 11) is 5.33. The third kappa shape index (κ3) is 25.8. The Labute approximate surface area is 340 Å². The van der Waals surface area contributed by atoms with E-state index >= 15 is 0 Å². The average molecular weight is 801 g/mol. The van der Waals surface area contributed by atoms with Crippen LogP contribution in [-0.2, 0) is 28.7 Å². The minimum Gasteiger partial charge on any atom is -0.468 e. The molecule has 0 fully saturated rings. The number of carbonyl (C=O) groups excluding carboxylic acids is 4. The molecule has 4 atom stereocenters. The zero-order valence-electron chi connectivity index (χ0n) is 35.8. The first-order valence-electron chi connectivity index (χ1n) is 22.3. The molecule has 0 aliphatic carbocycles. The van der Waals surface area contributed by atoms with Gasteiger partial charge in [-0.25, -0.2) is 4.79 Å². The summed E-state index contributed by atoms with van der Waals surface area (Å²) in [4.78, 5) is 56.8. The second-order valence-electron chi connectivity index (χ2n) is 15.4. The number of amides is 2. The number of hydrogen-bond donors (Lipinski definition) is 1. The van der Waals surface area contributed by atoms with Crippen molar-refractivity contribution < 1.29 is 28.7 Å². The van der Waals surface area contributed by atoms with Crippen molar-refractivity contribution >= 4 is 45.3 Å². The molecule has 0 aliphatic heterocycles. The summed E-state index contributed by atoms with van der Waals surface area (Å²) >= 11 is 0. The highest BCUT2D eigenvalue weighted by Crippen LogP contribution is 2.31. The number of unbranched alkanes of at least 4 members (excludes halogenated alkanes) is 20. The first kappa shape index (κ1) is 52.7. The van der Waals surface area contributed by atoms with Crippen LogP contribution in [0.2, 0.25) is 0 Å². The Bertz CT molecular complexity index is 891. The van der Waals surface area contributed by atoms with Gasteiger partial charge in [0.25, 0.3) is 0 Å². The topological polar surface area (TPSA) is 116 Å². The molecule has 0 aliphatic rings. The molecular formula is C44H84N2O6S2. The Morgan fingerprint density at radius 3 is 1.07 bits per heavy atom. The Balaban J connectivity index is 6.48. The Morgan fingerprint density at radius 1 is 0.463 bits per heavy atom. The van der Waals surface area contributed by atoms with E-state index in [1.54, 1.807) is 0 Å². The molecule has 0 saturated heterocycles. The summed E-state index contributed by atoms with van der Waals surface area (Å²) < 4.78 is 10.1. The van der Waals surface area contributed by atoms with Gasteiger partial charge in [-0.1, -0.05) is 203 Å². The van der Waals surface area contributed by atoms with Gasteiger partial charge in [0.15, 0.2) is 0 Å². The molecule has 0 saturated carbocycles. The largest absolute Gasteiger partial charge is 0.468 e. The van der Waals surface area contributed by atoms with Crippen LogP contribution in [0.15, 0.2) is 0 Å². The summed E-state index contributed by atoms with van der Waals surface area (Å²) in [6.45, 7) is 8.86. The highest BCUT2D eigenvalue weighted by atomic mass is 33.1. The van der Waals surface area contributed by atoms with E-state index in [9.17, 15) is 19.2 Å². The number of nitrogens with zero attached hydrogens (tertiary/aromatic N) is 1. The summed E-state index contributed by atoms with van der Waals surface area (Å²) in [5.41, 5.74) is 5.98. The maximum absolute atomic E-state index is 14.9. The Morgan fingerprint density at radius 2 is 0.759 bits per heavy atom. The zero-order valence-corrected chi connectivity index (χ0v) is 37.4. The molecular weight excluding hydrogens is 717 g/mol. The third-order valence-corrected chi connectivity index (χ3v) is 13.1. The number of esters is 2. The van der Waals surface area contributed by atoms with Crippen molar-refractivity contribution in [2.45, 2.75) is 220 Å². The molecule has 0 aromatic heterocycles. The van der Waals surface area contributed by atoms with Gasteiger partial charge >= 0.3 is 11.9 Å². The molecule has 2 N–H and O–H groups in total. The van der Waals surface area contributed by atoms with Gasteiger partial charge in [0.1, 0.15) is 12.1 Å². The lowest BCUT2D eigenvalue weighted by Gasteiger charge is -2.34. The molecule has 3 unspecified atom stereocenters. The molecule has 2 amide bonds. The first-order valence-corrected chi connectivity index (χ1v) is 24.7. The predicted molar refractivity (Wildman–Crippen MR) is 232 cm³/mol. The monoisotopic (exact) mass is 801 g/mol. The molecule has 318 valence electrons. The lowest BCUT2D eigenvalue weighted by Crippen LogP contribution is -2.54. The lowest BCUT2D eigenvalue weighted by atomic mass is 9.89. The van der Waals surface area contributed by atoms with E-state index in [2.05, 4.69) is 27.7 Å². The normalized spacial score (nSPS) is 13.6. The Kier molecular flexibility index (Phi) is 36.5. The summed E-state index contributed by atoms with van der Waals surface area (Å²) in [6.07, 6.45) is 30.1. The SMILES string of the molecule is CCCCCCCCCC(CCCCCCC)C(=O)N(C(=O)C(CCCCCCC)CCCCCCCCC)[C@@H](CSSCC(N)C(=O)OC)C(=O)OC. The smallest absolute Gasteiger partial charge is 0.329 e. The standard InChI is InChI=1S/C44H84N2O6S2/c1-7-11-15-19-21-25-29-33-37(31-27-23-17-13-9-3)41(47)46(40(44(50)52-6)36-54-53-35-39(45)43(49)51-5)42(48)38(32-28-24-18-14-10-4)34-30-26-22-20-16-12-8-2/h37-40H,7-36,45H2,1-6H3/t37?,38?,39?,40-/m0/s1. The van der Waals surface area contributed by atoms with Gasteiger partial charge < -0.3 is 15.2 Å². The second-order valence-corrected chi connectivity index (χ2v) is 18.0. The molecule has 0 aromatic rings. The van der Waals surface area contributed by atoms with E-state index < -0.39 is 24.0 Å². The maximum atomic E-state index is 14.9. The number of ether oxygens (including phenoxy) is 2. The molecule has 0 rings (SSSR count). The van der Waals surface area contributed by atoms with Crippen LogP contribution < -0.4 is 5.73 Å². The van der Waals surface area contributed by atoms with Crippen LogP contribution in [0.25, 0.3) is 0 Å². The molecule has 0 bridgehead atoms. The van der Waals surface area contributed by atoms with Gasteiger partial charge in [-0.3, -0.25) is 19.3 Å². The summed E-state index contributed by atoms with van der Waals surface area (Å²) in [6, 6.07) is -1.85. The van der Waals surface area contributed by atoms with Crippen molar-refractivity contribution in [2.24, 2.45) is 17.6 Å². The van der Waals surface area contributed by atoms with Gasteiger partial charge in [-0.05, 0) is 25.7 Å².